The predicted octanol–water partition coefficient (Wildman–Crippen LogP) is 3.97. The van der Waals surface area contributed by atoms with Crippen molar-refractivity contribution < 1.29 is 18.7 Å². The van der Waals surface area contributed by atoms with E-state index in [2.05, 4.69) is 27.1 Å². The van der Waals surface area contributed by atoms with Gasteiger partial charge in [-0.1, -0.05) is 12.0 Å². The van der Waals surface area contributed by atoms with Gasteiger partial charge in [-0.2, -0.15) is 0 Å². The van der Waals surface area contributed by atoms with Crippen molar-refractivity contribution in [2.75, 3.05) is 11.9 Å². The van der Waals surface area contributed by atoms with Crippen molar-refractivity contribution in [3.63, 3.8) is 0 Å². The molecule has 2 N–H and O–H groups in total. The van der Waals surface area contributed by atoms with Crippen LogP contribution in [0.2, 0.25) is 0 Å². The third-order valence-corrected chi connectivity index (χ3v) is 3.84. The van der Waals surface area contributed by atoms with Gasteiger partial charge in [-0.05, 0) is 50.2 Å². The Balaban J connectivity index is 1.84. The molecule has 6 nitrogen and oxygen atoms in total. The number of aromatic amines is 1. The lowest BCUT2D eigenvalue weighted by molar-refractivity contribution is -0.111. The number of nitrogens with one attached hydrogen (secondary N) is 2. The first-order chi connectivity index (χ1) is 14.0. The molecule has 1 atom stereocenters. The maximum absolute atomic E-state index is 13.2. The van der Waals surface area contributed by atoms with Crippen molar-refractivity contribution in [3.8, 4) is 29.0 Å². The minimum Gasteiger partial charge on any atom is -0.463 e. The molecule has 0 aliphatic rings. The van der Waals surface area contributed by atoms with Crippen molar-refractivity contribution in [2.24, 2.45) is 0 Å². The molecule has 3 rings (SSSR count). The number of amides is 1. The molecule has 2 aromatic carbocycles. The molecule has 1 heterocycles. The summed E-state index contributed by atoms with van der Waals surface area (Å²) in [5.74, 6) is 5.21. The lowest BCUT2D eigenvalue weighted by Crippen LogP contribution is -2.18. The Labute approximate surface area is 168 Å². The van der Waals surface area contributed by atoms with Crippen LogP contribution in [0.3, 0.4) is 0 Å². The second kappa shape index (κ2) is 9.53. The number of carbonyl (C=O) groups is 1. The van der Waals surface area contributed by atoms with E-state index in [1.54, 1.807) is 37.5 Å². The Morgan fingerprint density at radius 1 is 1.31 bits per heavy atom. The first kappa shape index (κ1) is 20.1. The van der Waals surface area contributed by atoms with E-state index in [0.29, 0.717) is 29.4 Å². The molecule has 0 radical (unpaired) electrons. The summed E-state index contributed by atoms with van der Waals surface area (Å²) in [4.78, 5) is 19.6. The van der Waals surface area contributed by atoms with E-state index in [0.717, 1.165) is 5.56 Å². The number of rotatable bonds is 6. The van der Waals surface area contributed by atoms with Gasteiger partial charge in [0.25, 0.3) is 0 Å². The minimum absolute atomic E-state index is 0.408. The predicted molar refractivity (Wildman–Crippen MR) is 108 cm³/mol. The van der Waals surface area contributed by atoms with Crippen LogP contribution in [0.4, 0.5) is 10.1 Å². The van der Waals surface area contributed by atoms with Crippen molar-refractivity contribution in [1.82, 2.24) is 9.97 Å². The average molecular weight is 393 g/mol. The SMILES string of the molecule is CCOC(C)Oc1ccc(-c2ncc[nH]2)cc1NC(=O)C#Cc1cccc(F)c1. The number of benzene rings is 2. The minimum atomic E-state index is -0.556. The fourth-order valence-corrected chi connectivity index (χ4v) is 2.60. The van der Waals surface area contributed by atoms with Gasteiger partial charge in [-0.3, -0.25) is 4.79 Å². The second-order valence-corrected chi connectivity index (χ2v) is 6.00. The fraction of sp³-hybridized carbons (Fsp3) is 0.182. The molecule has 7 heteroatoms. The first-order valence-corrected chi connectivity index (χ1v) is 9.05. The molecule has 29 heavy (non-hydrogen) atoms. The Hall–Kier alpha value is -3.63. The van der Waals surface area contributed by atoms with E-state index in [1.807, 2.05) is 13.0 Å². The highest BCUT2D eigenvalue weighted by Crippen LogP contribution is 2.30. The van der Waals surface area contributed by atoms with Crippen LogP contribution in [0.25, 0.3) is 11.4 Å². The Bertz CT molecular complexity index is 1040. The number of hydrogen-bond donors (Lipinski definition) is 2. The molecule has 0 bridgehead atoms. The lowest BCUT2D eigenvalue weighted by atomic mass is 10.1. The Kier molecular flexibility index (Phi) is 6.61. The number of aromatic nitrogens is 2. The van der Waals surface area contributed by atoms with E-state index in [-0.39, 0.29) is 0 Å². The van der Waals surface area contributed by atoms with Gasteiger partial charge in [0.2, 0.25) is 0 Å². The van der Waals surface area contributed by atoms with Gasteiger partial charge in [0, 0.05) is 36.0 Å². The summed E-state index contributed by atoms with van der Waals surface area (Å²) >= 11 is 0. The normalized spacial score (nSPS) is 11.3. The fourth-order valence-electron chi connectivity index (χ4n) is 2.60. The molecule has 1 unspecified atom stereocenters. The van der Waals surface area contributed by atoms with Gasteiger partial charge in [-0.25, -0.2) is 9.37 Å². The number of halogens is 1. The number of nitrogens with zero attached hydrogens (tertiary/aromatic N) is 1. The van der Waals surface area contributed by atoms with Crippen LogP contribution in [-0.2, 0) is 9.53 Å². The van der Waals surface area contributed by atoms with Crippen LogP contribution in [0, 0.1) is 17.7 Å². The van der Waals surface area contributed by atoms with Crippen LogP contribution < -0.4 is 10.1 Å². The van der Waals surface area contributed by atoms with Crippen molar-refractivity contribution in [1.29, 1.82) is 0 Å². The zero-order chi connectivity index (χ0) is 20.6. The molecule has 1 amide bonds. The van der Waals surface area contributed by atoms with E-state index in [4.69, 9.17) is 9.47 Å². The number of H-pyrrole nitrogens is 1. The molecular formula is C22H20FN3O3. The maximum atomic E-state index is 13.2. The monoisotopic (exact) mass is 393 g/mol. The summed E-state index contributed by atoms with van der Waals surface area (Å²) in [5.41, 5.74) is 1.59. The summed E-state index contributed by atoms with van der Waals surface area (Å²) in [7, 11) is 0. The van der Waals surface area contributed by atoms with Crippen LogP contribution in [0.5, 0.6) is 5.75 Å². The van der Waals surface area contributed by atoms with Gasteiger partial charge in [0.1, 0.15) is 17.4 Å². The zero-order valence-electron chi connectivity index (χ0n) is 16.0. The number of anilines is 1. The Morgan fingerprint density at radius 2 is 2.17 bits per heavy atom. The van der Waals surface area contributed by atoms with Gasteiger partial charge in [-0.15, -0.1) is 0 Å². The smallest absolute Gasteiger partial charge is 0.300 e. The number of hydrogen-bond acceptors (Lipinski definition) is 4. The molecule has 1 aromatic heterocycles. The van der Waals surface area contributed by atoms with Crippen LogP contribution in [0.1, 0.15) is 19.4 Å². The largest absolute Gasteiger partial charge is 0.463 e. The first-order valence-electron chi connectivity index (χ1n) is 9.05. The summed E-state index contributed by atoms with van der Waals surface area (Å²) in [6.45, 7) is 4.12. The van der Waals surface area contributed by atoms with Crippen molar-refractivity contribution in [3.05, 3.63) is 66.2 Å². The number of imidazole rings is 1. The highest BCUT2D eigenvalue weighted by molar-refractivity contribution is 6.05. The lowest BCUT2D eigenvalue weighted by Gasteiger charge is -2.17. The molecule has 0 aliphatic carbocycles. The summed E-state index contributed by atoms with van der Waals surface area (Å²) in [5, 5.41) is 2.72. The van der Waals surface area contributed by atoms with E-state index < -0.39 is 18.0 Å². The van der Waals surface area contributed by atoms with E-state index in [1.165, 1.54) is 18.2 Å². The second-order valence-electron chi connectivity index (χ2n) is 6.00. The van der Waals surface area contributed by atoms with Crippen molar-refractivity contribution >= 4 is 11.6 Å². The number of carbonyl (C=O) groups excluding carboxylic acids is 1. The Morgan fingerprint density at radius 3 is 2.90 bits per heavy atom. The molecule has 0 aliphatic heterocycles. The highest BCUT2D eigenvalue weighted by atomic mass is 19.1. The van der Waals surface area contributed by atoms with Crippen molar-refractivity contribution in [2.45, 2.75) is 20.1 Å². The molecule has 0 fully saturated rings. The van der Waals surface area contributed by atoms with Crippen LogP contribution in [0.15, 0.2) is 54.9 Å². The van der Waals surface area contributed by atoms with Gasteiger partial charge < -0.3 is 19.8 Å². The molecular weight excluding hydrogens is 373 g/mol. The molecule has 3 aromatic rings. The maximum Gasteiger partial charge on any atom is 0.300 e. The van der Waals surface area contributed by atoms with Gasteiger partial charge >= 0.3 is 5.91 Å². The number of ether oxygens (including phenoxy) is 2. The van der Waals surface area contributed by atoms with Gasteiger partial charge in [0.15, 0.2) is 6.29 Å². The molecule has 148 valence electrons. The van der Waals surface area contributed by atoms with E-state index in [9.17, 15) is 9.18 Å². The summed E-state index contributed by atoms with van der Waals surface area (Å²) < 4.78 is 24.4. The molecule has 0 spiro atoms. The van der Waals surface area contributed by atoms with Crippen LogP contribution in [-0.4, -0.2) is 28.8 Å². The standard InChI is InChI=1S/C22H20FN3O3/c1-3-28-15(2)29-20-9-8-17(22-24-11-12-25-22)14-19(20)26-21(27)10-7-16-5-4-6-18(23)13-16/h4-6,8-9,11-15H,3H2,1-2H3,(H,24,25)(H,26,27). The third kappa shape index (κ3) is 5.67. The molecule has 0 saturated heterocycles. The van der Waals surface area contributed by atoms with E-state index >= 15 is 0 Å². The van der Waals surface area contributed by atoms with Gasteiger partial charge in [0.05, 0.1) is 5.69 Å². The topological polar surface area (TPSA) is 76.2 Å². The highest BCUT2D eigenvalue weighted by Gasteiger charge is 2.13. The summed E-state index contributed by atoms with van der Waals surface area (Å²) in [6.07, 6.45) is 2.85. The zero-order valence-corrected chi connectivity index (χ0v) is 16.0. The average Bonchev–Trinajstić information content (AvgIpc) is 3.23. The van der Waals surface area contributed by atoms with Crippen LogP contribution >= 0.6 is 0 Å². The molecule has 0 saturated carbocycles. The third-order valence-electron chi connectivity index (χ3n) is 3.84. The summed E-state index contributed by atoms with van der Waals surface area (Å²) in [6, 6.07) is 11.0. The quantitative estimate of drug-likeness (QED) is 0.491.